The smallest absolute Gasteiger partial charge is 0.312 e. The molecule has 0 N–H and O–H groups in total. The van der Waals surface area contributed by atoms with Crippen LogP contribution in [-0.4, -0.2) is 44.5 Å². The number of carbonyl (C=O) groups is 1. The van der Waals surface area contributed by atoms with Gasteiger partial charge in [-0.3, -0.25) is 4.79 Å². The maximum Gasteiger partial charge on any atom is 0.312 e. The van der Waals surface area contributed by atoms with Gasteiger partial charge in [-0.1, -0.05) is 13.8 Å². The quantitative estimate of drug-likeness (QED) is 0.732. The van der Waals surface area contributed by atoms with Gasteiger partial charge in [-0.05, 0) is 36.1 Å². The first-order valence-electron chi connectivity index (χ1n) is 7.82. The van der Waals surface area contributed by atoms with Gasteiger partial charge in [-0.25, -0.2) is 4.68 Å². The molecule has 21 heavy (non-hydrogen) atoms. The lowest BCUT2D eigenvalue weighted by Crippen LogP contribution is -2.32. The number of rotatable bonds is 6. The minimum Gasteiger partial charge on any atom is -0.460 e. The Kier molecular flexibility index (Phi) is 4.19. The molecule has 0 aromatic carbocycles. The summed E-state index contributed by atoms with van der Waals surface area (Å²) in [5, 5.41) is 11.6. The second-order valence-corrected chi connectivity index (χ2v) is 5.81. The predicted octanol–water partition coefficient (Wildman–Crippen LogP) is 1.12. The number of ether oxygens (including phenoxy) is 2. The molecule has 2 saturated heterocycles. The van der Waals surface area contributed by atoms with Crippen molar-refractivity contribution in [3.05, 3.63) is 5.82 Å². The molecule has 2 aliphatic heterocycles. The first-order chi connectivity index (χ1) is 10.2. The molecule has 7 heteroatoms. The lowest BCUT2D eigenvalue weighted by Gasteiger charge is -2.22. The summed E-state index contributed by atoms with van der Waals surface area (Å²) >= 11 is 0. The molecule has 0 amide bonds. The molecule has 0 aliphatic carbocycles. The molecule has 1 aromatic heterocycles. The topological polar surface area (TPSA) is 79.1 Å². The van der Waals surface area contributed by atoms with Crippen molar-refractivity contribution in [1.29, 1.82) is 0 Å². The first kappa shape index (κ1) is 14.4. The molecule has 4 unspecified atom stereocenters. The summed E-state index contributed by atoms with van der Waals surface area (Å²) in [6.07, 6.45) is 4.52. The lowest BCUT2D eigenvalue weighted by molar-refractivity contribution is -0.156. The number of carbonyl (C=O) groups excluding carboxylic acids is 1. The van der Waals surface area contributed by atoms with Gasteiger partial charge in [-0.2, -0.15) is 0 Å². The number of nitrogens with zero attached hydrogens (tertiary/aromatic N) is 4. The molecule has 2 aliphatic rings. The Morgan fingerprint density at radius 2 is 2.33 bits per heavy atom. The summed E-state index contributed by atoms with van der Waals surface area (Å²) in [6, 6.07) is 0. The van der Waals surface area contributed by atoms with Crippen LogP contribution in [0.15, 0.2) is 0 Å². The molecule has 1 aromatic rings. The Bertz CT molecular complexity index is 504. The van der Waals surface area contributed by atoms with E-state index in [9.17, 15) is 4.79 Å². The molecular formula is C14H22N4O3. The van der Waals surface area contributed by atoms with Gasteiger partial charge in [0.15, 0.2) is 5.82 Å². The molecule has 3 heterocycles. The Hall–Kier alpha value is -1.50. The average Bonchev–Trinajstić information content (AvgIpc) is 3.22. The average molecular weight is 294 g/mol. The van der Waals surface area contributed by atoms with Crippen LogP contribution in [0.3, 0.4) is 0 Å². The van der Waals surface area contributed by atoms with Crippen LogP contribution in [0.4, 0.5) is 0 Å². The highest BCUT2D eigenvalue weighted by molar-refractivity contribution is 5.74. The number of tetrazole rings is 1. The van der Waals surface area contributed by atoms with E-state index in [1.165, 1.54) is 0 Å². The zero-order valence-corrected chi connectivity index (χ0v) is 12.6. The zero-order chi connectivity index (χ0) is 14.8. The van der Waals surface area contributed by atoms with Gasteiger partial charge < -0.3 is 9.47 Å². The minimum absolute atomic E-state index is 0.0687. The van der Waals surface area contributed by atoms with Gasteiger partial charge in [0.25, 0.3) is 0 Å². The zero-order valence-electron chi connectivity index (χ0n) is 12.6. The summed E-state index contributed by atoms with van der Waals surface area (Å²) in [7, 11) is 0. The third-order valence-corrected chi connectivity index (χ3v) is 4.45. The van der Waals surface area contributed by atoms with Gasteiger partial charge in [-0.15, -0.1) is 5.10 Å². The Balaban J connectivity index is 1.58. The maximum atomic E-state index is 12.3. The van der Waals surface area contributed by atoms with Gasteiger partial charge in [0, 0.05) is 6.42 Å². The minimum atomic E-state index is -0.189. The number of hydrogen-bond acceptors (Lipinski definition) is 6. The van der Waals surface area contributed by atoms with Crippen molar-refractivity contribution in [2.24, 2.45) is 5.92 Å². The molecule has 2 bridgehead atoms. The third kappa shape index (κ3) is 2.92. The Morgan fingerprint density at radius 3 is 2.95 bits per heavy atom. The standard InChI is InChI=1S/C14H22N4O3/c1-3-9(8-18-13(4-2)15-16-17-18)21-14(19)11-7-10-5-6-12(11)20-10/h9-12H,3-8H2,1-2H3. The summed E-state index contributed by atoms with van der Waals surface area (Å²) in [5.74, 6) is 0.602. The maximum absolute atomic E-state index is 12.3. The second kappa shape index (κ2) is 6.09. The number of aromatic nitrogens is 4. The van der Waals surface area contributed by atoms with Crippen LogP contribution in [0.2, 0.25) is 0 Å². The number of hydrogen-bond donors (Lipinski definition) is 0. The van der Waals surface area contributed by atoms with E-state index < -0.39 is 0 Å². The summed E-state index contributed by atoms with van der Waals surface area (Å²) in [4.78, 5) is 12.3. The fourth-order valence-electron chi connectivity index (χ4n) is 3.20. The van der Waals surface area contributed by atoms with Crippen LogP contribution in [0.25, 0.3) is 0 Å². The van der Waals surface area contributed by atoms with Gasteiger partial charge in [0.1, 0.15) is 6.10 Å². The van der Waals surface area contributed by atoms with Crippen LogP contribution in [0, 0.1) is 5.92 Å². The number of fused-ring (bicyclic) bond motifs is 2. The van der Waals surface area contributed by atoms with Gasteiger partial charge in [0.2, 0.25) is 0 Å². The summed E-state index contributed by atoms with van der Waals surface area (Å²) in [5.41, 5.74) is 0. The van der Waals surface area contributed by atoms with Crippen LogP contribution in [0.1, 0.15) is 45.4 Å². The van der Waals surface area contributed by atoms with Crippen molar-refractivity contribution >= 4 is 5.97 Å². The monoisotopic (exact) mass is 294 g/mol. The SMILES string of the molecule is CCc1nnnn1CC(CC)OC(=O)C1CC2CCC1O2. The van der Waals surface area contributed by atoms with E-state index >= 15 is 0 Å². The molecule has 0 saturated carbocycles. The fourth-order valence-corrected chi connectivity index (χ4v) is 3.20. The van der Waals surface area contributed by atoms with E-state index in [0.29, 0.717) is 6.54 Å². The Labute approximate surface area is 124 Å². The van der Waals surface area contributed by atoms with Crippen molar-refractivity contribution in [2.75, 3.05) is 0 Å². The number of aryl methyl sites for hydroxylation is 1. The van der Waals surface area contributed by atoms with Crippen molar-refractivity contribution in [1.82, 2.24) is 20.2 Å². The van der Waals surface area contributed by atoms with Crippen molar-refractivity contribution in [3.8, 4) is 0 Å². The van der Waals surface area contributed by atoms with E-state index in [2.05, 4.69) is 15.5 Å². The number of esters is 1. The lowest BCUT2D eigenvalue weighted by atomic mass is 9.89. The predicted molar refractivity (Wildman–Crippen MR) is 73.4 cm³/mol. The molecule has 0 spiro atoms. The molecule has 0 radical (unpaired) electrons. The molecular weight excluding hydrogens is 272 g/mol. The van der Waals surface area contributed by atoms with E-state index in [0.717, 1.165) is 37.9 Å². The van der Waals surface area contributed by atoms with E-state index in [1.54, 1.807) is 4.68 Å². The molecule has 4 atom stereocenters. The van der Waals surface area contributed by atoms with E-state index in [4.69, 9.17) is 9.47 Å². The third-order valence-electron chi connectivity index (χ3n) is 4.45. The second-order valence-electron chi connectivity index (χ2n) is 5.81. The van der Waals surface area contributed by atoms with Gasteiger partial charge in [0.05, 0.1) is 24.7 Å². The largest absolute Gasteiger partial charge is 0.460 e. The normalized spacial score (nSPS) is 28.8. The molecule has 2 fully saturated rings. The van der Waals surface area contributed by atoms with Crippen molar-refractivity contribution in [3.63, 3.8) is 0 Å². The fraction of sp³-hybridized carbons (Fsp3) is 0.857. The summed E-state index contributed by atoms with van der Waals surface area (Å²) < 4.78 is 13.1. The highest BCUT2D eigenvalue weighted by Crippen LogP contribution is 2.39. The van der Waals surface area contributed by atoms with Crippen molar-refractivity contribution < 1.29 is 14.3 Å². The van der Waals surface area contributed by atoms with Crippen molar-refractivity contribution in [2.45, 2.75) is 70.8 Å². The highest BCUT2D eigenvalue weighted by Gasteiger charge is 2.45. The molecule has 116 valence electrons. The van der Waals surface area contributed by atoms with Crippen LogP contribution < -0.4 is 0 Å². The van der Waals surface area contributed by atoms with E-state index in [-0.39, 0.29) is 30.2 Å². The molecule has 7 nitrogen and oxygen atoms in total. The van der Waals surface area contributed by atoms with E-state index in [1.807, 2.05) is 13.8 Å². The van der Waals surface area contributed by atoms with Crippen LogP contribution in [-0.2, 0) is 27.2 Å². The molecule has 3 rings (SSSR count). The Morgan fingerprint density at radius 1 is 1.48 bits per heavy atom. The first-order valence-corrected chi connectivity index (χ1v) is 7.82. The van der Waals surface area contributed by atoms with Gasteiger partial charge >= 0.3 is 5.97 Å². The van der Waals surface area contributed by atoms with Crippen LogP contribution in [0.5, 0.6) is 0 Å². The summed E-state index contributed by atoms with van der Waals surface area (Å²) in [6.45, 7) is 4.52. The van der Waals surface area contributed by atoms with Crippen LogP contribution >= 0.6 is 0 Å². The highest BCUT2D eigenvalue weighted by atomic mass is 16.6.